The number of Topliss-reactive ketones (excluding diaryl/α,β-unsaturated/α-hetero) is 1. The van der Waals surface area contributed by atoms with Crippen molar-refractivity contribution in [3.8, 4) is 5.75 Å². The highest BCUT2D eigenvalue weighted by Gasteiger charge is 2.18. The number of anilines is 1. The molecule has 0 unspecified atom stereocenters. The summed E-state index contributed by atoms with van der Waals surface area (Å²) in [6.45, 7) is 8.08. The minimum absolute atomic E-state index is 0.145. The van der Waals surface area contributed by atoms with Gasteiger partial charge in [-0.2, -0.15) is 0 Å². The molecule has 1 aromatic carbocycles. The number of benzene rings is 1. The van der Waals surface area contributed by atoms with Crippen LogP contribution >= 0.6 is 0 Å². The number of ether oxygens (including phenoxy) is 1. The van der Waals surface area contributed by atoms with Crippen molar-refractivity contribution < 1.29 is 9.53 Å². The molecule has 0 amide bonds. The van der Waals surface area contributed by atoms with Crippen LogP contribution in [0.25, 0.3) is 0 Å². The summed E-state index contributed by atoms with van der Waals surface area (Å²) in [7, 11) is 0. The average Bonchev–Trinajstić information content (AvgIpc) is 2.47. The second-order valence-electron chi connectivity index (χ2n) is 5.67. The van der Waals surface area contributed by atoms with Crippen LogP contribution in [0.4, 0.5) is 5.69 Å². The summed E-state index contributed by atoms with van der Waals surface area (Å²) in [5.74, 6) is 1.09. The Labute approximate surface area is 121 Å². The number of hydrogen-bond acceptors (Lipinski definition) is 3. The monoisotopic (exact) mass is 275 g/mol. The molecule has 0 bridgehead atoms. The van der Waals surface area contributed by atoms with Gasteiger partial charge in [0.1, 0.15) is 5.75 Å². The third-order valence-corrected chi connectivity index (χ3v) is 3.66. The standard InChI is InChI=1S/C17H25NO2/c1-4-16(19)14-8-9-17(20-13(2)3)15(12-14)18-10-6-5-7-11-18/h8-9,12-13H,4-7,10-11H2,1-3H3. The van der Waals surface area contributed by atoms with Crippen molar-refractivity contribution in [3.05, 3.63) is 23.8 Å². The molecule has 2 rings (SSSR count). The lowest BCUT2D eigenvalue weighted by atomic mass is 10.0. The first-order valence-corrected chi connectivity index (χ1v) is 7.70. The highest BCUT2D eigenvalue weighted by Crippen LogP contribution is 2.32. The molecule has 1 aliphatic rings. The third-order valence-electron chi connectivity index (χ3n) is 3.66. The number of piperidine rings is 1. The van der Waals surface area contributed by atoms with Gasteiger partial charge in [0.15, 0.2) is 5.78 Å². The summed E-state index contributed by atoms with van der Waals surface area (Å²) in [6.07, 6.45) is 4.42. The Morgan fingerprint density at radius 2 is 1.95 bits per heavy atom. The molecule has 0 radical (unpaired) electrons. The second-order valence-corrected chi connectivity index (χ2v) is 5.67. The van der Waals surface area contributed by atoms with E-state index in [1.54, 1.807) is 0 Å². The molecule has 1 heterocycles. The largest absolute Gasteiger partial charge is 0.489 e. The van der Waals surface area contributed by atoms with Gasteiger partial charge in [0.25, 0.3) is 0 Å². The van der Waals surface area contributed by atoms with Gasteiger partial charge < -0.3 is 9.64 Å². The number of carbonyl (C=O) groups is 1. The first kappa shape index (κ1) is 14.9. The maximum Gasteiger partial charge on any atom is 0.162 e. The van der Waals surface area contributed by atoms with Crippen molar-refractivity contribution in [2.24, 2.45) is 0 Å². The molecule has 0 N–H and O–H groups in total. The molecule has 1 aromatic rings. The van der Waals surface area contributed by atoms with Crippen LogP contribution in [0, 0.1) is 0 Å². The molecule has 3 heteroatoms. The van der Waals surface area contributed by atoms with E-state index in [4.69, 9.17) is 4.74 Å². The van der Waals surface area contributed by atoms with Gasteiger partial charge in [0.05, 0.1) is 11.8 Å². The van der Waals surface area contributed by atoms with Gasteiger partial charge in [-0.1, -0.05) is 6.92 Å². The smallest absolute Gasteiger partial charge is 0.162 e. The van der Waals surface area contributed by atoms with E-state index in [1.165, 1.54) is 19.3 Å². The minimum atomic E-state index is 0.145. The van der Waals surface area contributed by atoms with Gasteiger partial charge in [-0.05, 0) is 51.3 Å². The molecule has 20 heavy (non-hydrogen) atoms. The van der Waals surface area contributed by atoms with Crippen LogP contribution in [-0.4, -0.2) is 25.0 Å². The van der Waals surface area contributed by atoms with Gasteiger partial charge in [-0.3, -0.25) is 4.79 Å². The Kier molecular flexibility index (Phi) is 5.05. The van der Waals surface area contributed by atoms with Crippen molar-refractivity contribution in [3.63, 3.8) is 0 Å². The van der Waals surface area contributed by atoms with Gasteiger partial charge >= 0.3 is 0 Å². The quantitative estimate of drug-likeness (QED) is 0.759. The predicted octanol–water partition coefficient (Wildman–Crippen LogP) is 4.06. The van der Waals surface area contributed by atoms with Crippen LogP contribution in [0.2, 0.25) is 0 Å². The molecule has 3 nitrogen and oxygen atoms in total. The molecule has 0 saturated carbocycles. The topological polar surface area (TPSA) is 29.5 Å². The van der Waals surface area contributed by atoms with Crippen LogP contribution in [0.15, 0.2) is 18.2 Å². The van der Waals surface area contributed by atoms with Gasteiger partial charge in [0, 0.05) is 25.1 Å². The molecule has 1 saturated heterocycles. The number of rotatable bonds is 5. The zero-order valence-corrected chi connectivity index (χ0v) is 12.8. The summed E-state index contributed by atoms with van der Waals surface area (Å²) in [5.41, 5.74) is 1.88. The van der Waals surface area contributed by atoms with E-state index in [2.05, 4.69) is 4.90 Å². The van der Waals surface area contributed by atoms with E-state index in [-0.39, 0.29) is 11.9 Å². The lowest BCUT2D eigenvalue weighted by molar-refractivity contribution is 0.0988. The van der Waals surface area contributed by atoms with Crippen molar-refractivity contribution >= 4 is 11.5 Å². The van der Waals surface area contributed by atoms with Crippen LogP contribution in [0.1, 0.15) is 56.8 Å². The Morgan fingerprint density at radius 3 is 2.55 bits per heavy atom. The highest BCUT2D eigenvalue weighted by atomic mass is 16.5. The summed E-state index contributed by atoms with van der Waals surface area (Å²) in [5, 5.41) is 0. The highest BCUT2D eigenvalue weighted by molar-refractivity contribution is 5.97. The Hall–Kier alpha value is -1.51. The number of hydrogen-bond donors (Lipinski definition) is 0. The van der Waals surface area contributed by atoms with Crippen LogP contribution in [0.5, 0.6) is 5.75 Å². The van der Waals surface area contributed by atoms with Crippen molar-refractivity contribution in [1.82, 2.24) is 0 Å². The van der Waals surface area contributed by atoms with Crippen molar-refractivity contribution in [2.45, 2.75) is 52.6 Å². The number of carbonyl (C=O) groups excluding carboxylic acids is 1. The summed E-state index contributed by atoms with van der Waals surface area (Å²) in [4.78, 5) is 14.3. The molecule has 0 spiro atoms. The molecule has 0 aliphatic carbocycles. The van der Waals surface area contributed by atoms with Crippen molar-refractivity contribution in [1.29, 1.82) is 0 Å². The van der Waals surface area contributed by atoms with E-state index < -0.39 is 0 Å². The third kappa shape index (κ3) is 3.53. The van der Waals surface area contributed by atoms with Gasteiger partial charge in [-0.25, -0.2) is 0 Å². The van der Waals surface area contributed by atoms with Gasteiger partial charge in [0.2, 0.25) is 0 Å². The summed E-state index contributed by atoms with van der Waals surface area (Å²) >= 11 is 0. The summed E-state index contributed by atoms with van der Waals surface area (Å²) in [6, 6.07) is 5.85. The lowest BCUT2D eigenvalue weighted by Crippen LogP contribution is -2.30. The van der Waals surface area contributed by atoms with Crippen molar-refractivity contribution in [2.75, 3.05) is 18.0 Å². The van der Waals surface area contributed by atoms with Crippen LogP contribution < -0.4 is 9.64 Å². The second kappa shape index (κ2) is 6.78. The normalized spacial score (nSPS) is 15.5. The molecular formula is C17H25NO2. The maximum atomic E-state index is 11.9. The predicted molar refractivity (Wildman–Crippen MR) is 82.9 cm³/mol. The van der Waals surface area contributed by atoms with Gasteiger partial charge in [-0.15, -0.1) is 0 Å². The Bertz CT molecular complexity index is 462. The fraction of sp³-hybridized carbons (Fsp3) is 0.588. The average molecular weight is 275 g/mol. The Balaban J connectivity index is 2.33. The molecule has 1 aliphatic heterocycles. The molecule has 0 aromatic heterocycles. The fourth-order valence-corrected chi connectivity index (χ4v) is 2.63. The Morgan fingerprint density at radius 1 is 1.25 bits per heavy atom. The SMILES string of the molecule is CCC(=O)c1ccc(OC(C)C)c(N2CCCCC2)c1. The summed E-state index contributed by atoms with van der Waals surface area (Å²) < 4.78 is 5.91. The zero-order chi connectivity index (χ0) is 14.5. The van der Waals surface area contributed by atoms with E-state index in [9.17, 15) is 4.79 Å². The molecule has 110 valence electrons. The first-order chi connectivity index (χ1) is 9.61. The van der Waals surface area contributed by atoms with E-state index >= 15 is 0 Å². The zero-order valence-electron chi connectivity index (χ0n) is 12.8. The number of nitrogens with zero attached hydrogens (tertiary/aromatic N) is 1. The molecular weight excluding hydrogens is 250 g/mol. The lowest BCUT2D eigenvalue weighted by Gasteiger charge is -2.31. The van der Waals surface area contributed by atoms with E-state index in [0.29, 0.717) is 6.42 Å². The van der Waals surface area contributed by atoms with Crippen LogP contribution in [0.3, 0.4) is 0 Å². The molecule has 1 fully saturated rings. The minimum Gasteiger partial charge on any atom is -0.489 e. The maximum absolute atomic E-state index is 11.9. The molecule has 0 atom stereocenters. The first-order valence-electron chi connectivity index (χ1n) is 7.70. The van der Waals surface area contributed by atoms with Crippen LogP contribution in [-0.2, 0) is 0 Å². The van der Waals surface area contributed by atoms with E-state index in [1.807, 2.05) is 39.0 Å². The number of ketones is 1. The fourth-order valence-electron chi connectivity index (χ4n) is 2.63. The van der Waals surface area contributed by atoms with E-state index in [0.717, 1.165) is 30.1 Å².